The van der Waals surface area contributed by atoms with Crippen molar-refractivity contribution in [2.75, 3.05) is 18.5 Å². The van der Waals surface area contributed by atoms with Gasteiger partial charge in [-0.05, 0) is 18.1 Å². The maximum Gasteiger partial charge on any atom is 0.198 e. The first-order chi connectivity index (χ1) is 12.3. The first kappa shape index (κ1) is 18.4. The third-order valence-electron chi connectivity index (χ3n) is 4.40. The Morgan fingerprint density at radius 3 is 2.73 bits per heavy atom. The highest BCUT2D eigenvalue weighted by Gasteiger charge is 2.22. The number of aromatic nitrogens is 1. The number of hydrogen-bond donors (Lipinski definition) is 1. The van der Waals surface area contributed by atoms with Crippen LogP contribution in [0.1, 0.15) is 11.3 Å². The highest BCUT2D eigenvalue weighted by Crippen LogP contribution is 2.27. The van der Waals surface area contributed by atoms with Crippen LogP contribution in [0, 0.1) is 0 Å². The molecule has 5 nitrogen and oxygen atoms in total. The molecule has 0 saturated heterocycles. The van der Waals surface area contributed by atoms with Crippen LogP contribution in [0.2, 0.25) is 0 Å². The predicted molar refractivity (Wildman–Crippen MR) is 115 cm³/mol. The summed E-state index contributed by atoms with van der Waals surface area (Å²) in [5.41, 5.74) is 4.46. The van der Waals surface area contributed by atoms with Crippen molar-refractivity contribution in [3.05, 3.63) is 71.9 Å². The van der Waals surface area contributed by atoms with E-state index >= 15 is 0 Å². The van der Waals surface area contributed by atoms with E-state index in [1.54, 1.807) is 0 Å². The Morgan fingerprint density at radius 2 is 1.92 bits per heavy atom. The average Bonchev–Trinajstić information content (AvgIpc) is 3.31. The molecule has 0 bridgehead atoms. The lowest BCUT2D eigenvalue weighted by Gasteiger charge is -2.21. The lowest BCUT2D eigenvalue weighted by atomic mass is 10.2. The fourth-order valence-electron chi connectivity index (χ4n) is 3.16. The first-order valence-electron chi connectivity index (χ1n) is 8.42. The van der Waals surface area contributed by atoms with Gasteiger partial charge in [0.15, 0.2) is 11.7 Å². The molecule has 0 fully saturated rings. The van der Waals surface area contributed by atoms with Gasteiger partial charge in [0, 0.05) is 30.9 Å². The molecule has 2 heterocycles. The molecule has 0 atom stereocenters. The molecule has 3 aromatic rings. The maximum absolute atomic E-state index is 5.45. The highest BCUT2D eigenvalue weighted by atomic mass is 127. The molecule has 4 rings (SSSR count). The average molecular weight is 460 g/mol. The van der Waals surface area contributed by atoms with E-state index in [1.165, 1.54) is 11.3 Å². The molecule has 1 N–H and O–H groups in total. The van der Waals surface area contributed by atoms with Crippen molar-refractivity contribution in [3.8, 4) is 11.3 Å². The Bertz CT molecular complexity index is 892. The van der Waals surface area contributed by atoms with Crippen molar-refractivity contribution >= 4 is 35.6 Å². The van der Waals surface area contributed by atoms with Crippen LogP contribution in [0.25, 0.3) is 11.3 Å². The van der Waals surface area contributed by atoms with Gasteiger partial charge in [0.2, 0.25) is 0 Å². The van der Waals surface area contributed by atoms with Gasteiger partial charge < -0.3 is 14.7 Å². The summed E-state index contributed by atoms with van der Waals surface area (Å²) in [7, 11) is 1.81. The summed E-state index contributed by atoms with van der Waals surface area (Å²) in [6.45, 7) is 1.51. The van der Waals surface area contributed by atoms with Gasteiger partial charge in [0.25, 0.3) is 0 Å². The normalized spacial score (nSPS) is 13.3. The van der Waals surface area contributed by atoms with Gasteiger partial charge in [-0.15, -0.1) is 24.0 Å². The zero-order valence-electron chi connectivity index (χ0n) is 14.6. The van der Waals surface area contributed by atoms with E-state index in [0.717, 1.165) is 35.9 Å². The third-order valence-corrected chi connectivity index (χ3v) is 4.40. The van der Waals surface area contributed by atoms with Crippen molar-refractivity contribution in [1.29, 1.82) is 0 Å². The summed E-state index contributed by atoms with van der Waals surface area (Å²) in [6.07, 6.45) is 1.04. The van der Waals surface area contributed by atoms with E-state index in [2.05, 4.69) is 44.6 Å². The number of aliphatic imine (C=N–C) groups is 1. The van der Waals surface area contributed by atoms with Crippen LogP contribution in [0.4, 0.5) is 5.69 Å². The topological polar surface area (TPSA) is 53.7 Å². The minimum atomic E-state index is 0. The SMILES string of the molecule is CN=C(NCc1cc(-c2ccccc2)on1)N1CCc2ccccc21.I. The highest BCUT2D eigenvalue weighted by molar-refractivity contribution is 14.0. The van der Waals surface area contributed by atoms with Crippen molar-refractivity contribution in [3.63, 3.8) is 0 Å². The second-order valence-electron chi connectivity index (χ2n) is 5.98. The summed E-state index contributed by atoms with van der Waals surface area (Å²) >= 11 is 0. The van der Waals surface area contributed by atoms with Gasteiger partial charge in [-0.25, -0.2) is 0 Å². The standard InChI is InChI=1S/C20H20N4O.HI/c1-21-20(24-12-11-15-7-5-6-10-18(15)24)22-14-17-13-19(25-23-17)16-8-3-2-4-9-16;/h2-10,13H,11-12,14H2,1H3,(H,21,22);1H. The van der Waals surface area contributed by atoms with Crippen LogP contribution in [-0.4, -0.2) is 24.7 Å². The Balaban J connectivity index is 0.00000196. The number of rotatable bonds is 3. The Morgan fingerprint density at radius 1 is 1.15 bits per heavy atom. The molecule has 0 radical (unpaired) electrons. The van der Waals surface area contributed by atoms with Crippen molar-refractivity contribution in [2.24, 2.45) is 4.99 Å². The second-order valence-corrected chi connectivity index (χ2v) is 5.98. The molecule has 2 aromatic carbocycles. The minimum Gasteiger partial charge on any atom is -0.356 e. The number of halogens is 1. The second kappa shape index (κ2) is 8.35. The van der Waals surface area contributed by atoms with Crippen molar-refractivity contribution in [1.82, 2.24) is 10.5 Å². The molecule has 134 valence electrons. The van der Waals surface area contributed by atoms with Gasteiger partial charge in [-0.2, -0.15) is 0 Å². The van der Waals surface area contributed by atoms with Gasteiger partial charge >= 0.3 is 0 Å². The zero-order valence-corrected chi connectivity index (χ0v) is 16.9. The fourth-order valence-corrected chi connectivity index (χ4v) is 3.16. The molecule has 0 spiro atoms. The largest absolute Gasteiger partial charge is 0.356 e. The molecule has 1 aromatic heterocycles. The quantitative estimate of drug-likeness (QED) is 0.364. The van der Waals surface area contributed by atoms with Gasteiger partial charge in [-0.3, -0.25) is 4.99 Å². The molecule has 0 aliphatic carbocycles. The van der Waals surface area contributed by atoms with E-state index in [-0.39, 0.29) is 24.0 Å². The Hall–Kier alpha value is -2.35. The smallest absolute Gasteiger partial charge is 0.198 e. The summed E-state index contributed by atoms with van der Waals surface area (Å²) in [6, 6.07) is 20.4. The monoisotopic (exact) mass is 460 g/mol. The third kappa shape index (κ3) is 3.75. The number of para-hydroxylation sites is 1. The summed E-state index contributed by atoms with van der Waals surface area (Å²) in [5.74, 6) is 1.63. The molecular formula is C20H21IN4O. The number of nitrogens with zero attached hydrogens (tertiary/aromatic N) is 3. The molecule has 0 saturated carbocycles. The number of hydrogen-bond acceptors (Lipinski definition) is 3. The number of anilines is 1. The van der Waals surface area contributed by atoms with E-state index < -0.39 is 0 Å². The van der Waals surface area contributed by atoms with E-state index in [1.807, 2.05) is 43.4 Å². The number of guanidine groups is 1. The maximum atomic E-state index is 5.45. The molecule has 0 unspecified atom stereocenters. The van der Waals surface area contributed by atoms with E-state index in [0.29, 0.717) is 6.54 Å². The zero-order chi connectivity index (χ0) is 17.1. The number of benzene rings is 2. The van der Waals surface area contributed by atoms with Gasteiger partial charge in [-0.1, -0.05) is 53.7 Å². The number of nitrogens with one attached hydrogen (secondary N) is 1. The molecule has 1 aliphatic rings. The first-order valence-corrected chi connectivity index (χ1v) is 8.42. The van der Waals surface area contributed by atoms with E-state index in [9.17, 15) is 0 Å². The summed E-state index contributed by atoms with van der Waals surface area (Å²) in [5, 5.41) is 7.55. The summed E-state index contributed by atoms with van der Waals surface area (Å²) < 4.78 is 5.45. The molecular weight excluding hydrogens is 439 g/mol. The minimum absolute atomic E-state index is 0. The lowest BCUT2D eigenvalue weighted by Crippen LogP contribution is -2.40. The Kier molecular flexibility index (Phi) is 5.92. The molecule has 1 aliphatic heterocycles. The fraction of sp³-hybridized carbons (Fsp3) is 0.200. The number of fused-ring (bicyclic) bond motifs is 1. The lowest BCUT2D eigenvalue weighted by molar-refractivity contribution is 0.422. The van der Waals surface area contributed by atoms with Crippen LogP contribution in [-0.2, 0) is 13.0 Å². The van der Waals surface area contributed by atoms with Gasteiger partial charge in [0.1, 0.15) is 5.69 Å². The van der Waals surface area contributed by atoms with Crippen LogP contribution in [0.3, 0.4) is 0 Å². The Labute approximate surface area is 170 Å². The predicted octanol–water partition coefficient (Wildman–Crippen LogP) is 4.10. The van der Waals surface area contributed by atoms with Crippen LogP contribution in [0.15, 0.2) is 70.2 Å². The van der Waals surface area contributed by atoms with Gasteiger partial charge in [0.05, 0.1) is 6.54 Å². The van der Waals surface area contributed by atoms with Crippen molar-refractivity contribution < 1.29 is 4.52 Å². The van der Waals surface area contributed by atoms with Crippen LogP contribution >= 0.6 is 24.0 Å². The van der Waals surface area contributed by atoms with Crippen molar-refractivity contribution in [2.45, 2.75) is 13.0 Å². The molecule has 0 amide bonds. The molecule has 26 heavy (non-hydrogen) atoms. The van der Waals surface area contributed by atoms with Crippen LogP contribution < -0.4 is 10.2 Å². The molecule has 6 heteroatoms. The van der Waals surface area contributed by atoms with Crippen LogP contribution in [0.5, 0.6) is 0 Å². The summed E-state index contributed by atoms with van der Waals surface area (Å²) in [4.78, 5) is 6.64. The van der Waals surface area contributed by atoms with E-state index in [4.69, 9.17) is 4.52 Å².